The number of rotatable bonds is 7. The summed E-state index contributed by atoms with van der Waals surface area (Å²) in [5.41, 5.74) is 13.0. The first-order valence-corrected chi connectivity index (χ1v) is 14.7. The molecule has 0 aliphatic heterocycles. The fourth-order valence-electron chi connectivity index (χ4n) is 5.87. The molecule has 7 rings (SSSR count). The zero-order valence-electron chi connectivity index (χ0n) is 23.8. The minimum Gasteiger partial charge on any atom is -0.310 e. The Balaban J connectivity index is 1.36. The molecule has 0 aliphatic rings. The van der Waals surface area contributed by atoms with Gasteiger partial charge in [-0.25, -0.2) is 0 Å². The van der Waals surface area contributed by atoms with Gasteiger partial charge >= 0.3 is 0 Å². The van der Waals surface area contributed by atoms with Crippen LogP contribution in [0.1, 0.15) is 0 Å². The van der Waals surface area contributed by atoms with Gasteiger partial charge in [0.05, 0.1) is 5.69 Å². The third-order valence-electron chi connectivity index (χ3n) is 7.91. The highest BCUT2D eigenvalue weighted by Gasteiger charge is 2.19. The van der Waals surface area contributed by atoms with Crippen LogP contribution in [0.3, 0.4) is 0 Å². The molecule has 1 nitrogen and oxygen atoms in total. The summed E-state index contributed by atoms with van der Waals surface area (Å²) in [6, 6.07) is 66.9. The number of hydrogen-bond acceptors (Lipinski definition) is 1. The van der Waals surface area contributed by atoms with E-state index in [-0.39, 0.29) is 0 Å². The molecule has 0 amide bonds. The molecule has 0 radical (unpaired) electrons. The molecule has 0 fully saturated rings. The molecule has 0 aromatic heterocycles. The molecule has 0 aliphatic carbocycles. The van der Waals surface area contributed by atoms with Crippen molar-refractivity contribution in [2.75, 3.05) is 4.90 Å². The van der Waals surface area contributed by atoms with Crippen LogP contribution in [0.15, 0.2) is 188 Å². The molecule has 7 aromatic carbocycles. The lowest BCUT2D eigenvalue weighted by atomic mass is 9.88. The summed E-state index contributed by atoms with van der Waals surface area (Å²) in [4.78, 5) is 2.35. The zero-order chi connectivity index (χ0) is 28.8. The van der Waals surface area contributed by atoms with Gasteiger partial charge in [0.2, 0.25) is 0 Å². The zero-order valence-corrected chi connectivity index (χ0v) is 23.8. The smallest absolute Gasteiger partial charge is 0.0540 e. The molecule has 0 heterocycles. The highest BCUT2D eigenvalue weighted by Crippen LogP contribution is 2.44. The quantitative estimate of drug-likeness (QED) is 0.191. The van der Waals surface area contributed by atoms with Crippen LogP contribution in [0.25, 0.3) is 44.5 Å². The first kappa shape index (κ1) is 26.3. The van der Waals surface area contributed by atoms with Crippen molar-refractivity contribution in [2.24, 2.45) is 0 Å². The highest BCUT2D eigenvalue weighted by molar-refractivity contribution is 5.97. The molecule has 204 valence electrons. The summed E-state index contributed by atoms with van der Waals surface area (Å²) < 4.78 is 0. The fourth-order valence-corrected chi connectivity index (χ4v) is 5.87. The predicted octanol–water partition coefficient (Wildman–Crippen LogP) is 11.8. The molecular formula is C42H31N. The summed E-state index contributed by atoms with van der Waals surface area (Å²) >= 11 is 0. The molecular weight excluding hydrogens is 518 g/mol. The van der Waals surface area contributed by atoms with Crippen LogP contribution in [-0.4, -0.2) is 0 Å². The van der Waals surface area contributed by atoms with Gasteiger partial charge in [-0.1, -0.05) is 158 Å². The lowest BCUT2D eigenvalue weighted by molar-refractivity contribution is 1.28. The summed E-state index contributed by atoms with van der Waals surface area (Å²) in [5, 5.41) is 0. The van der Waals surface area contributed by atoms with Crippen molar-refractivity contribution in [3.05, 3.63) is 188 Å². The maximum atomic E-state index is 2.35. The highest BCUT2D eigenvalue weighted by atomic mass is 15.1. The van der Waals surface area contributed by atoms with Crippen LogP contribution in [0, 0.1) is 0 Å². The van der Waals surface area contributed by atoms with E-state index in [1.807, 2.05) is 0 Å². The Kier molecular flexibility index (Phi) is 7.36. The average Bonchev–Trinajstić information content (AvgIpc) is 3.10. The van der Waals surface area contributed by atoms with E-state index < -0.39 is 0 Å². The second-order valence-corrected chi connectivity index (χ2v) is 10.6. The van der Waals surface area contributed by atoms with Crippen molar-refractivity contribution in [1.29, 1.82) is 0 Å². The van der Waals surface area contributed by atoms with Crippen molar-refractivity contribution in [3.8, 4) is 44.5 Å². The van der Waals surface area contributed by atoms with Crippen molar-refractivity contribution < 1.29 is 0 Å². The van der Waals surface area contributed by atoms with Crippen LogP contribution in [0.2, 0.25) is 0 Å². The number of nitrogens with zero attached hydrogens (tertiary/aromatic N) is 1. The van der Waals surface area contributed by atoms with Gasteiger partial charge in [0, 0.05) is 16.9 Å². The fraction of sp³-hybridized carbons (Fsp3) is 0. The molecule has 0 saturated heterocycles. The average molecular weight is 550 g/mol. The third kappa shape index (κ3) is 5.37. The molecule has 0 bridgehead atoms. The standard InChI is InChI=1S/C42H31N/c1-4-16-32(17-5-1)33-28-30-34(31-29-33)37-22-10-11-23-38(37)39-24-12-13-25-40(39)41-26-14-15-27-42(41)43(35-18-6-2-7-19-35)36-20-8-3-9-21-36/h1-31H. The molecule has 0 N–H and O–H groups in total. The van der Waals surface area contributed by atoms with E-state index in [2.05, 4.69) is 193 Å². The Labute approximate surface area is 254 Å². The van der Waals surface area contributed by atoms with Gasteiger partial charge < -0.3 is 4.90 Å². The minimum atomic E-state index is 1.12. The van der Waals surface area contributed by atoms with E-state index >= 15 is 0 Å². The first-order valence-electron chi connectivity index (χ1n) is 14.7. The Bertz CT molecular complexity index is 1900. The second-order valence-electron chi connectivity index (χ2n) is 10.6. The van der Waals surface area contributed by atoms with E-state index in [0.29, 0.717) is 0 Å². The molecule has 0 atom stereocenters. The lowest BCUT2D eigenvalue weighted by Gasteiger charge is -2.28. The van der Waals surface area contributed by atoms with Crippen molar-refractivity contribution in [3.63, 3.8) is 0 Å². The summed E-state index contributed by atoms with van der Waals surface area (Å²) in [5.74, 6) is 0. The molecule has 0 unspecified atom stereocenters. The Morgan fingerprint density at radius 3 is 1.14 bits per heavy atom. The van der Waals surface area contributed by atoms with Gasteiger partial charge in [-0.3, -0.25) is 0 Å². The van der Waals surface area contributed by atoms with Crippen molar-refractivity contribution in [2.45, 2.75) is 0 Å². The molecule has 0 saturated carbocycles. The Morgan fingerprint density at radius 2 is 0.581 bits per heavy atom. The van der Waals surface area contributed by atoms with Gasteiger partial charge in [-0.05, 0) is 69.3 Å². The monoisotopic (exact) mass is 549 g/mol. The minimum absolute atomic E-state index is 1.12. The summed E-state index contributed by atoms with van der Waals surface area (Å²) in [6.07, 6.45) is 0. The largest absolute Gasteiger partial charge is 0.310 e. The third-order valence-corrected chi connectivity index (χ3v) is 7.91. The lowest BCUT2D eigenvalue weighted by Crippen LogP contribution is -2.11. The number of benzene rings is 7. The molecule has 43 heavy (non-hydrogen) atoms. The van der Waals surface area contributed by atoms with Gasteiger partial charge in [0.1, 0.15) is 0 Å². The van der Waals surface area contributed by atoms with Crippen molar-refractivity contribution >= 4 is 17.1 Å². The number of para-hydroxylation sites is 3. The predicted molar refractivity (Wildman–Crippen MR) is 183 cm³/mol. The van der Waals surface area contributed by atoms with Gasteiger partial charge in [0.15, 0.2) is 0 Å². The Hall–Kier alpha value is -5.66. The number of anilines is 3. The topological polar surface area (TPSA) is 3.24 Å². The first-order chi connectivity index (χ1) is 21.4. The second kappa shape index (κ2) is 12.1. The maximum Gasteiger partial charge on any atom is 0.0540 e. The van der Waals surface area contributed by atoms with Gasteiger partial charge in [-0.2, -0.15) is 0 Å². The van der Waals surface area contributed by atoms with E-state index in [1.54, 1.807) is 0 Å². The van der Waals surface area contributed by atoms with E-state index in [1.165, 1.54) is 44.5 Å². The van der Waals surface area contributed by atoms with Crippen molar-refractivity contribution in [1.82, 2.24) is 0 Å². The SMILES string of the molecule is c1ccc(-c2ccc(-c3ccccc3-c3ccccc3-c3ccccc3N(c3ccccc3)c3ccccc3)cc2)cc1. The summed E-state index contributed by atoms with van der Waals surface area (Å²) in [6.45, 7) is 0. The normalized spacial score (nSPS) is 10.8. The summed E-state index contributed by atoms with van der Waals surface area (Å²) in [7, 11) is 0. The van der Waals surface area contributed by atoms with E-state index in [9.17, 15) is 0 Å². The molecule has 1 heteroatoms. The Morgan fingerprint density at radius 1 is 0.233 bits per heavy atom. The van der Waals surface area contributed by atoms with Crippen LogP contribution < -0.4 is 4.90 Å². The van der Waals surface area contributed by atoms with Crippen LogP contribution in [-0.2, 0) is 0 Å². The molecule has 7 aromatic rings. The van der Waals surface area contributed by atoms with Crippen LogP contribution in [0.4, 0.5) is 17.1 Å². The van der Waals surface area contributed by atoms with Gasteiger partial charge in [-0.15, -0.1) is 0 Å². The van der Waals surface area contributed by atoms with Crippen LogP contribution >= 0.6 is 0 Å². The maximum absolute atomic E-state index is 2.35. The van der Waals surface area contributed by atoms with E-state index in [4.69, 9.17) is 0 Å². The van der Waals surface area contributed by atoms with E-state index in [0.717, 1.165) is 17.1 Å². The van der Waals surface area contributed by atoms with Crippen LogP contribution in [0.5, 0.6) is 0 Å². The van der Waals surface area contributed by atoms with Gasteiger partial charge in [0.25, 0.3) is 0 Å². The number of hydrogen-bond donors (Lipinski definition) is 0. The molecule has 0 spiro atoms.